The molecule has 3 fully saturated rings. The van der Waals surface area contributed by atoms with Crippen molar-refractivity contribution in [3.63, 3.8) is 0 Å². The molecule has 0 saturated heterocycles. The molecule has 3 saturated carbocycles. The Balaban J connectivity index is 1.55. The zero-order valence-corrected chi connectivity index (χ0v) is 16.6. The van der Waals surface area contributed by atoms with Gasteiger partial charge in [-0.25, -0.2) is 18.7 Å². The number of hydrogen-bond donors (Lipinski definition) is 3. The van der Waals surface area contributed by atoms with Gasteiger partial charge in [0.05, 0.1) is 10.9 Å². The average molecular weight is 433 g/mol. The summed E-state index contributed by atoms with van der Waals surface area (Å²) in [6.45, 7) is 0. The molecule has 0 radical (unpaired) electrons. The largest absolute Gasteiger partial charge is 0.481 e. The maximum Gasteiger partial charge on any atom is 0.308 e. The number of carboxylic acids is 1. The van der Waals surface area contributed by atoms with Crippen molar-refractivity contribution >= 4 is 34.4 Å². The molecule has 6 rings (SSSR count). The highest BCUT2D eigenvalue weighted by Crippen LogP contribution is 2.46. The number of pyridine rings is 2. The Bertz CT molecular complexity index is 1140. The first-order chi connectivity index (χ1) is 14.4. The minimum absolute atomic E-state index is 0.0536. The summed E-state index contributed by atoms with van der Waals surface area (Å²) in [6.07, 6.45) is 6.54. The van der Waals surface area contributed by atoms with E-state index in [0.717, 1.165) is 31.7 Å². The summed E-state index contributed by atoms with van der Waals surface area (Å²) in [4.78, 5) is 23.2. The summed E-state index contributed by atoms with van der Waals surface area (Å²) in [5.74, 6) is -3.11. The SMILES string of the molecule is O=C(O)[C@@H]1C2CCC(CC2)[C@H]1Nc1nc(-c2c[nH]c3ncc(Cl)cc23)c(F)cc1F. The fraction of sp³-hybridized carbons (Fsp3) is 0.381. The highest BCUT2D eigenvalue weighted by Gasteiger charge is 2.47. The number of hydrogen-bond acceptors (Lipinski definition) is 4. The Morgan fingerprint density at radius 3 is 2.63 bits per heavy atom. The number of rotatable bonds is 4. The van der Waals surface area contributed by atoms with Crippen molar-refractivity contribution < 1.29 is 18.7 Å². The normalized spacial score (nSPS) is 25.6. The molecule has 0 spiro atoms. The van der Waals surface area contributed by atoms with Crippen LogP contribution in [0.25, 0.3) is 22.3 Å². The first kappa shape index (κ1) is 19.2. The van der Waals surface area contributed by atoms with Crippen molar-refractivity contribution in [2.24, 2.45) is 17.8 Å². The van der Waals surface area contributed by atoms with Crippen molar-refractivity contribution in [1.82, 2.24) is 15.0 Å². The van der Waals surface area contributed by atoms with Crippen LogP contribution in [0.1, 0.15) is 25.7 Å². The molecule has 0 unspecified atom stereocenters. The van der Waals surface area contributed by atoms with Crippen LogP contribution in [0.3, 0.4) is 0 Å². The van der Waals surface area contributed by atoms with E-state index in [9.17, 15) is 18.7 Å². The van der Waals surface area contributed by atoms with E-state index in [2.05, 4.69) is 20.3 Å². The summed E-state index contributed by atoms with van der Waals surface area (Å²) < 4.78 is 29.3. The van der Waals surface area contributed by atoms with Gasteiger partial charge in [0.2, 0.25) is 0 Å². The Hall–Kier alpha value is -2.74. The van der Waals surface area contributed by atoms with Crippen LogP contribution in [0.5, 0.6) is 0 Å². The Labute approximate surface area is 175 Å². The second kappa shape index (κ2) is 7.19. The predicted octanol–water partition coefficient (Wildman–Crippen LogP) is 4.86. The summed E-state index contributed by atoms with van der Waals surface area (Å²) >= 11 is 6.02. The fourth-order valence-corrected chi connectivity index (χ4v) is 5.26. The molecule has 0 aromatic carbocycles. The molecule has 2 atom stereocenters. The van der Waals surface area contributed by atoms with Crippen LogP contribution in [0.2, 0.25) is 5.02 Å². The third kappa shape index (κ3) is 3.10. The third-order valence-corrected chi connectivity index (χ3v) is 6.70. The minimum Gasteiger partial charge on any atom is -0.481 e. The zero-order valence-electron chi connectivity index (χ0n) is 15.8. The van der Waals surface area contributed by atoms with E-state index in [-0.39, 0.29) is 23.3 Å². The van der Waals surface area contributed by atoms with Crippen molar-refractivity contribution in [2.75, 3.05) is 5.32 Å². The van der Waals surface area contributed by atoms with Gasteiger partial charge >= 0.3 is 5.97 Å². The lowest BCUT2D eigenvalue weighted by Crippen LogP contribution is -2.51. The highest BCUT2D eigenvalue weighted by atomic mass is 35.5. The molecule has 3 N–H and O–H groups in total. The molecule has 3 heterocycles. The summed E-state index contributed by atoms with van der Waals surface area (Å²) in [6, 6.07) is 1.97. The van der Waals surface area contributed by atoms with Gasteiger partial charge in [-0.15, -0.1) is 0 Å². The van der Waals surface area contributed by atoms with Gasteiger partial charge in [0, 0.05) is 35.5 Å². The van der Waals surface area contributed by atoms with Crippen LogP contribution >= 0.6 is 11.6 Å². The van der Waals surface area contributed by atoms with Crippen LogP contribution < -0.4 is 5.32 Å². The van der Waals surface area contributed by atoms with E-state index in [1.165, 1.54) is 6.20 Å². The van der Waals surface area contributed by atoms with Gasteiger partial charge in [0.15, 0.2) is 17.5 Å². The Morgan fingerprint density at radius 2 is 1.90 bits per heavy atom. The van der Waals surface area contributed by atoms with Gasteiger partial charge < -0.3 is 15.4 Å². The van der Waals surface area contributed by atoms with Gasteiger partial charge in [0.25, 0.3) is 0 Å². The molecule has 2 bridgehead atoms. The first-order valence-corrected chi connectivity index (χ1v) is 10.3. The summed E-state index contributed by atoms with van der Waals surface area (Å²) in [5.41, 5.74) is 0.854. The van der Waals surface area contributed by atoms with E-state index in [4.69, 9.17) is 11.6 Å². The van der Waals surface area contributed by atoms with Crippen LogP contribution in [-0.4, -0.2) is 32.1 Å². The molecule has 3 aromatic rings. The minimum atomic E-state index is -0.887. The summed E-state index contributed by atoms with van der Waals surface area (Å²) in [5, 5.41) is 13.7. The van der Waals surface area contributed by atoms with E-state index < -0.39 is 29.6 Å². The van der Waals surface area contributed by atoms with Crippen molar-refractivity contribution in [3.8, 4) is 11.3 Å². The number of halogens is 3. The van der Waals surface area contributed by atoms with E-state index in [1.807, 2.05) is 0 Å². The van der Waals surface area contributed by atoms with Gasteiger partial charge in [-0.3, -0.25) is 4.79 Å². The Kier molecular flexibility index (Phi) is 4.61. The van der Waals surface area contributed by atoms with Crippen molar-refractivity contribution in [2.45, 2.75) is 31.7 Å². The van der Waals surface area contributed by atoms with Crippen LogP contribution in [0.15, 0.2) is 24.5 Å². The average Bonchev–Trinajstić information content (AvgIpc) is 3.13. The van der Waals surface area contributed by atoms with Crippen molar-refractivity contribution in [1.29, 1.82) is 0 Å². The van der Waals surface area contributed by atoms with Crippen LogP contribution in [-0.2, 0) is 4.79 Å². The number of carboxylic acid groups (broad SMARTS) is 1. The van der Waals surface area contributed by atoms with Gasteiger partial charge in [-0.2, -0.15) is 0 Å². The second-order valence-corrected chi connectivity index (χ2v) is 8.55. The molecule has 30 heavy (non-hydrogen) atoms. The van der Waals surface area contributed by atoms with Crippen LogP contribution in [0, 0.1) is 29.4 Å². The number of nitrogens with zero attached hydrogens (tertiary/aromatic N) is 2. The van der Waals surface area contributed by atoms with Gasteiger partial charge in [-0.05, 0) is 43.6 Å². The number of aliphatic carboxylic acids is 1. The number of anilines is 1. The standard InChI is InChI=1S/C21H19ClF2N4O2/c22-11-5-12-13(8-26-19(12)25-7-11)18-14(23)6-15(24)20(28-18)27-17-10-3-1-9(2-4-10)16(17)21(29)30/h5-10,16-17H,1-4H2,(H,25,26)(H,27,28)(H,29,30)/t9?,10?,16-,17-/m1/s1. The molecule has 0 aliphatic heterocycles. The lowest BCUT2D eigenvalue weighted by atomic mass is 9.61. The molecular weight excluding hydrogens is 414 g/mol. The summed E-state index contributed by atoms with van der Waals surface area (Å²) in [7, 11) is 0. The highest BCUT2D eigenvalue weighted by molar-refractivity contribution is 6.31. The fourth-order valence-electron chi connectivity index (χ4n) is 5.10. The molecule has 3 aliphatic carbocycles. The lowest BCUT2D eigenvalue weighted by Gasteiger charge is -2.47. The predicted molar refractivity (Wildman–Crippen MR) is 108 cm³/mol. The Morgan fingerprint density at radius 1 is 1.17 bits per heavy atom. The number of aromatic amines is 1. The smallest absolute Gasteiger partial charge is 0.308 e. The first-order valence-electron chi connectivity index (χ1n) is 9.90. The number of H-pyrrole nitrogens is 1. The molecule has 0 amide bonds. The molecular formula is C21H19ClF2N4O2. The van der Waals surface area contributed by atoms with Gasteiger partial charge in [0.1, 0.15) is 11.3 Å². The lowest BCUT2D eigenvalue weighted by molar-refractivity contribution is -0.148. The second-order valence-electron chi connectivity index (χ2n) is 8.11. The number of carbonyl (C=O) groups is 1. The zero-order chi connectivity index (χ0) is 21.0. The number of fused-ring (bicyclic) bond motifs is 4. The van der Waals surface area contributed by atoms with Crippen molar-refractivity contribution in [3.05, 3.63) is 41.2 Å². The maximum atomic E-state index is 14.7. The quantitative estimate of drug-likeness (QED) is 0.547. The number of nitrogens with one attached hydrogen (secondary N) is 2. The number of aromatic nitrogens is 3. The third-order valence-electron chi connectivity index (χ3n) is 6.49. The maximum absolute atomic E-state index is 14.7. The molecule has 3 aliphatic rings. The van der Waals surface area contributed by atoms with Crippen LogP contribution in [0.4, 0.5) is 14.6 Å². The molecule has 156 valence electrons. The monoisotopic (exact) mass is 432 g/mol. The van der Waals surface area contributed by atoms with E-state index in [1.54, 1.807) is 12.3 Å². The molecule has 3 aromatic heterocycles. The van der Waals surface area contributed by atoms with E-state index >= 15 is 0 Å². The molecule has 6 nitrogen and oxygen atoms in total. The van der Waals surface area contributed by atoms with Gasteiger partial charge in [-0.1, -0.05) is 11.6 Å². The topological polar surface area (TPSA) is 90.9 Å². The van der Waals surface area contributed by atoms with E-state index in [0.29, 0.717) is 21.6 Å². The molecule has 9 heteroatoms.